The van der Waals surface area contributed by atoms with Crippen LogP contribution in [0.15, 0.2) is 28.7 Å². The molecule has 0 radical (unpaired) electrons. The number of rotatable bonds is 6. The average Bonchev–Trinajstić information content (AvgIpc) is 2.93. The summed E-state index contributed by atoms with van der Waals surface area (Å²) in [7, 11) is 0. The molecule has 0 spiro atoms. The van der Waals surface area contributed by atoms with Crippen molar-refractivity contribution in [3.63, 3.8) is 0 Å². The minimum atomic E-state index is -0.426. The van der Waals surface area contributed by atoms with Gasteiger partial charge < -0.3 is 15.5 Å². The molecule has 2 N–H and O–H groups in total. The van der Waals surface area contributed by atoms with E-state index < -0.39 is 5.92 Å². The van der Waals surface area contributed by atoms with Crippen molar-refractivity contribution < 1.29 is 14.4 Å². The number of benzene rings is 1. The standard InChI is InChI=1S/C16H20BrN3O3/c1-2-7-18-14(21)9-19-16(23)11-8-15(22)20(10-11)13-5-3-12(17)4-6-13/h3-6,11H,2,7-10H2,1H3,(H,18,21)(H,19,23). The van der Waals surface area contributed by atoms with Crippen molar-refractivity contribution in [3.05, 3.63) is 28.7 Å². The second kappa shape index (κ2) is 8.10. The van der Waals surface area contributed by atoms with Crippen LogP contribution in [-0.2, 0) is 14.4 Å². The van der Waals surface area contributed by atoms with Crippen molar-refractivity contribution in [2.45, 2.75) is 19.8 Å². The molecule has 1 fully saturated rings. The van der Waals surface area contributed by atoms with Gasteiger partial charge in [-0.05, 0) is 30.7 Å². The summed E-state index contributed by atoms with van der Waals surface area (Å²) in [6.45, 7) is 2.83. The van der Waals surface area contributed by atoms with Gasteiger partial charge >= 0.3 is 0 Å². The number of carbonyl (C=O) groups is 3. The van der Waals surface area contributed by atoms with E-state index in [-0.39, 0.29) is 30.7 Å². The maximum absolute atomic E-state index is 12.1. The Balaban J connectivity index is 1.87. The van der Waals surface area contributed by atoms with Crippen LogP contribution in [0.3, 0.4) is 0 Å². The summed E-state index contributed by atoms with van der Waals surface area (Å²) in [4.78, 5) is 37.3. The number of amides is 3. The monoisotopic (exact) mass is 381 g/mol. The number of halogens is 1. The number of anilines is 1. The molecule has 124 valence electrons. The zero-order chi connectivity index (χ0) is 16.8. The second-order valence-electron chi connectivity index (χ2n) is 5.45. The van der Waals surface area contributed by atoms with E-state index in [0.29, 0.717) is 13.1 Å². The highest BCUT2D eigenvalue weighted by molar-refractivity contribution is 9.10. The van der Waals surface area contributed by atoms with Gasteiger partial charge in [0.25, 0.3) is 0 Å². The molecule has 23 heavy (non-hydrogen) atoms. The summed E-state index contributed by atoms with van der Waals surface area (Å²) in [6.07, 6.45) is 1.01. The molecule has 1 unspecified atom stereocenters. The number of nitrogens with zero attached hydrogens (tertiary/aromatic N) is 1. The summed E-state index contributed by atoms with van der Waals surface area (Å²) in [6, 6.07) is 7.38. The van der Waals surface area contributed by atoms with Crippen LogP contribution in [0.1, 0.15) is 19.8 Å². The summed E-state index contributed by atoms with van der Waals surface area (Å²) in [5.41, 5.74) is 0.772. The smallest absolute Gasteiger partial charge is 0.239 e. The quantitative estimate of drug-likeness (QED) is 0.782. The van der Waals surface area contributed by atoms with E-state index in [2.05, 4.69) is 26.6 Å². The van der Waals surface area contributed by atoms with Crippen LogP contribution in [0.2, 0.25) is 0 Å². The molecule has 0 aliphatic carbocycles. The van der Waals surface area contributed by atoms with Crippen LogP contribution in [0.25, 0.3) is 0 Å². The van der Waals surface area contributed by atoms with E-state index in [1.165, 1.54) is 0 Å². The normalized spacial score (nSPS) is 17.2. The number of nitrogens with one attached hydrogen (secondary N) is 2. The first-order valence-corrected chi connectivity index (χ1v) is 8.41. The van der Waals surface area contributed by atoms with Crippen LogP contribution >= 0.6 is 15.9 Å². The van der Waals surface area contributed by atoms with E-state index in [9.17, 15) is 14.4 Å². The summed E-state index contributed by atoms with van der Waals surface area (Å²) < 4.78 is 0.931. The third-order valence-corrected chi connectivity index (χ3v) is 4.16. The van der Waals surface area contributed by atoms with Crippen molar-refractivity contribution in [3.8, 4) is 0 Å². The lowest BCUT2D eigenvalue weighted by Crippen LogP contribution is -2.40. The number of carbonyl (C=O) groups excluding carboxylic acids is 3. The molecule has 1 saturated heterocycles. The minimum Gasteiger partial charge on any atom is -0.355 e. The van der Waals surface area contributed by atoms with Gasteiger partial charge in [-0.2, -0.15) is 0 Å². The highest BCUT2D eigenvalue weighted by atomic mass is 79.9. The Morgan fingerprint density at radius 2 is 1.96 bits per heavy atom. The SMILES string of the molecule is CCCNC(=O)CNC(=O)C1CC(=O)N(c2ccc(Br)cc2)C1. The zero-order valence-electron chi connectivity index (χ0n) is 13.0. The molecule has 7 heteroatoms. The molecule has 1 aromatic carbocycles. The molecule has 2 rings (SSSR count). The zero-order valence-corrected chi connectivity index (χ0v) is 14.6. The molecule has 3 amide bonds. The number of hydrogen-bond acceptors (Lipinski definition) is 3. The predicted octanol–water partition coefficient (Wildman–Crippen LogP) is 1.44. The fourth-order valence-corrected chi connectivity index (χ4v) is 2.66. The third kappa shape index (κ3) is 4.79. The third-order valence-electron chi connectivity index (χ3n) is 3.63. The first-order chi connectivity index (χ1) is 11.0. The molecule has 1 atom stereocenters. The lowest BCUT2D eigenvalue weighted by molar-refractivity contribution is -0.128. The average molecular weight is 382 g/mol. The van der Waals surface area contributed by atoms with E-state index in [0.717, 1.165) is 16.6 Å². The van der Waals surface area contributed by atoms with Crippen molar-refractivity contribution >= 4 is 39.3 Å². The Bertz CT molecular complexity index is 589. The van der Waals surface area contributed by atoms with Crippen LogP contribution in [-0.4, -0.2) is 37.4 Å². The van der Waals surface area contributed by atoms with Gasteiger partial charge in [0.1, 0.15) is 0 Å². The Labute approximate surface area is 143 Å². The lowest BCUT2D eigenvalue weighted by atomic mass is 10.1. The van der Waals surface area contributed by atoms with E-state index in [4.69, 9.17) is 0 Å². The number of hydrogen-bond donors (Lipinski definition) is 2. The van der Waals surface area contributed by atoms with E-state index in [1.807, 2.05) is 31.2 Å². The van der Waals surface area contributed by atoms with Crippen molar-refractivity contribution in [1.82, 2.24) is 10.6 Å². The maximum Gasteiger partial charge on any atom is 0.239 e. The first-order valence-electron chi connectivity index (χ1n) is 7.61. The molecule has 1 aromatic rings. The van der Waals surface area contributed by atoms with Gasteiger partial charge in [0, 0.05) is 29.7 Å². The van der Waals surface area contributed by atoms with Crippen LogP contribution in [0, 0.1) is 5.92 Å². The Morgan fingerprint density at radius 1 is 1.26 bits per heavy atom. The van der Waals surface area contributed by atoms with Gasteiger partial charge in [0.05, 0.1) is 12.5 Å². The summed E-state index contributed by atoms with van der Waals surface area (Å²) >= 11 is 3.35. The molecule has 0 aromatic heterocycles. The lowest BCUT2D eigenvalue weighted by Gasteiger charge is -2.16. The highest BCUT2D eigenvalue weighted by Gasteiger charge is 2.35. The van der Waals surface area contributed by atoms with Gasteiger partial charge in [-0.1, -0.05) is 22.9 Å². The fraction of sp³-hybridized carbons (Fsp3) is 0.438. The highest BCUT2D eigenvalue weighted by Crippen LogP contribution is 2.26. The molecule has 6 nitrogen and oxygen atoms in total. The molecular formula is C16H20BrN3O3. The molecule has 0 bridgehead atoms. The predicted molar refractivity (Wildman–Crippen MR) is 90.9 cm³/mol. The van der Waals surface area contributed by atoms with Crippen molar-refractivity contribution in [2.24, 2.45) is 5.92 Å². The van der Waals surface area contributed by atoms with Gasteiger partial charge in [-0.15, -0.1) is 0 Å². The summed E-state index contributed by atoms with van der Waals surface area (Å²) in [5, 5.41) is 5.29. The molecule has 0 saturated carbocycles. The van der Waals surface area contributed by atoms with Crippen LogP contribution < -0.4 is 15.5 Å². The molecule has 1 heterocycles. The maximum atomic E-state index is 12.1. The van der Waals surface area contributed by atoms with Gasteiger partial charge in [0.15, 0.2) is 0 Å². The Hall–Kier alpha value is -1.89. The van der Waals surface area contributed by atoms with Gasteiger partial charge in [0.2, 0.25) is 17.7 Å². The molecule has 1 aliphatic heterocycles. The Kier molecular flexibility index (Phi) is 6.15. The van der Waals surface area contributed by atoms with E-state index in [1.54, 1.807) is 4.90 Å². The van der Waals surface area contributed by atoms with Crippen LogP contribution in [0.4, 0.5) is 5.69 Å². The second-order valence-corrected chi connectivity index (χ2v) is 6.37. The largest absolute Gasteiger partial charge is 0.355 e. The van der Waals surface area contributed by atoms with Crippen molar-refractivity contribution in [2.75, 3.05) is 24.5 Å². The molecular weight excluding hydrogens is 362 g/mol. The topological polar surface area (TPSA) is 78.5 Å². The Morgan fingerprint density at radius 3 is 2.61 bits per heavy atom. The fourth-order valence-electron chi connectivity index (χ4n) is 2.39. The minimum absolute atomic E-state index is 0.0538. The van der Waals surface area contributed by atoms with Gasteiger partial charge in [-0.25, -0.2) is 0 Å². The van der Waals surface area contributed by atoms with Crippen molar-refractivity contribution in [1.29, 1.82) is 0 Å². The molecule has 1 aliphatic rings. The van der Waals surface area contributed by atoms with Gasteiger partial charge in [-0.3, -0.25) is 14.4 Å². The first kappa shape index (κ1) is 17.5. The van der Waals surface area contributed by atoms with Crippen LogP contribution in [0.5, 0.6) is 0 Å². The summed E-state index contributed by atoms with van der Waals surface area (Å²) in [5.74, 6) is -0.980. The van der Waals surface area contributed by atoms with E-state index >= 15 is 0 Å².